The van der Waals surface area contributed by atoms with Crippen molar-refractivity contribution in [3.8, 4) is 5.75 Å². The third-order valence-electron chi connectivity index (χ3n) is 4.03. The number of nitrogens with zero attached hydrogens (tertiary/aromatic N) is 1. The number of carbonyl (C=O) groups excluding carboxylic acids is 1. The van der Waals surface area contributed by atoms with Gasteiger partial charge in [0.15, 0.2) is 5.76 Å². The number of furan rings is 1. The van der Waals surface area contributed by atoms with Gasteiger partial charge in [-0.2, -0.15) is 0 Å². The molecule has 0 bridgehead atoms. The van der Waals surface area contributed by atoms with Crippen LogP contribution < -0.4 is 10.1 Å². The fraction of sp³-hybridized carbons (Fsp3) is 0.150. The highest BCUT2D eigenvalue weighted by molar-refractivity contribution is 6.32. The van der Waals surface area contributed by atoms with E-state index in [0.29, 0.717) is 5.76 Å². The Labute approximate surface area is 166 Å². The van der Waals surface area contributed by atoms with E-state index in [-0.39, 0.29) is 40.8 Å². The number of nitro benzene ring substituents is 1. The minimum Gasteiger partial charge on any atom is -0.484 e. The molecule has 0 aliphatic rings. The maximum absolute atomic E-state index is 12.3. The number of nitrogens with one attached hydrogen (secondary N) is 1. The van der Waals surface area contributed by atoms with Gasteiger partial charge >= 0.3 is 0 Å². The first-order chi connectivity index (χ1) is 13.4. The van der Waals surface area contributed by atoms with Crippen LogP contribution >= 0.6 is 11.6 Å². The molecule has 0 saturated carbocycles. The number of halogens is 1. The number of ether oxygens (including phenoxy) is 1. The predicted molar refractivity (Wildman–Crippen MR) is 103 cm³/mol. The van der Waals surface area contributed by atoms with Gasteiger partial charge in [0.2, 0.25) is 0 Å². The fourth-order valence-electron chi connectivity index (χ4n) is 2.54. The molecule has 0 aliphatic heterocycles. The van der Waals surface area contributed by atoms with E-state index in [0.717, 1.165) is 5.56 Å². The number of benzene rings is 2. The molecule has 3 aromatic rings. The Balaban J connectivity index is 1.59. The Morgan fingerprint density at radius 1 is 1.21 bits per heavy atom. The molecule has 1 heterocycles. The molecule has 8 heteroatoms. The van der Waals surface area contributed by atoms with Crippen LogP contribution in [0.1, 0.15) is 34.8 Å². The minimum atomic E-state index is -0.538. The molecular formula is C20H17ClN2O5. The number of amides is 1. The summed E-state index contributed by atoms with van der Waals surface area (Å²) in [5, 5.41) is 13.7. The van der Waals surface area contributed by atoms with E-state index < -0.39 is 4.92 Å². The van der Waals surface area contributed by atoms with E-state index in [9.17, 15) is 14.9 Å². The molecule has 1 N–H and O–H groups in total. The zero-order valence-corrected chi connectivity index (χ0v) is 15.7. The Morgan fingerprint density at radius 2 is 1.96 bits per heavy atom. The molecule has 1 amide bonds. The SMILES string of the molecule is CC(NC(=O)c1ccc(COc2ccc([N+](=O)[O-])cc2Cl)o1)c1ccccc1. The molecule has 0 saturated heterocycles. The Kier molecular flexibility index (Phi) is 5.96. The molecule has 2 aromatic carbocycles. The zero-order valence-electron chi connectivity index (χ0n) is 14.9. The van der Waals surface area contributed by atoms with Crippen molar-refractivity contribution in [1.29, 1.82) is 0 Å². The summed E-state index contributed by atoms with van der Waals surface area (Å²) in [5.41, 5.74) is 0.862. The second-order valence-electron chi connectivity index (χ2n) is 6.03. The first-order valence-corrected chi connectivity index (χ1v) is 8.83. The summed E-state index contributed by atoms with van der Waals surface area (Å²) in [6.45, 7) is 1.91. The van der Waals surface area contributed by atoms with Crippen LogP contribution in [0, 0.1) is 10.1 Å². The molecule has 0 aliphatic carbocycles. The average Bonchev–Trinajstić information content (AvgIpc) is 3.16. The summed E-state index contributed by atoms with van der Waals surface area (Å²) in [7, 11) is 0. The smallest absolute Gasteiger partial charge is 0.287 e. The lowest BCUT2D eigenvalue weighted by atomic mass is 10.1. The highest BCUT2D eigenvalue weighted by Crippen LogP contribution is 2.29. The van der Waals surface area contributed by atoms with Crippen LogP contribution in [0.2, 0.25) is 5.02 Å². The van der Waals surface area contributed by atoms with Gasteiger partial charge in [-0.25, -0.2) is 0 Å². The molecule has 0 spiro atoms. The highest BCUT2D eigenvalue weighted by Gasteiger charge is 2.16. The topological polar surface area (TPSA) is 94.6 Å². The largest absolute Gasteiger partial charge is 0.484 e. The molecule has 0 fully saturated rings. The first-order valence-electron chi connectivity index (χ1n) is 8.45. The molecular weight excluding hydrogens is 384 g/mol. The third-order valence-corrected chi connectivity index (χ3v) is 4.32. The summed E-state index contributed by atoms with van der Waals surface area (Å²) in [5.74, 6) is 0.534. The van der Waals surface area contributed by atoms with Crippen LogP contribution in [0.15, 0.2) is 65.1 Å². The zero-order chi connectivity index (χ0) is 20.1. The monoisotopic (exact) mass is 400 g/mol. The van der Waals surface area contributed by atoms with Crippen molar-refractivity contribution in [2.45, 2.75) is 19.6 Å². The lowest BCUT2D eigenvalue weighted by molar-refractivity contribution is -0.384. The standard InChI is InChI=1S/C20H17ClN2O5/c1-13(14-5-3-2-4-6-14)22-20(24)19-10-8-16(28-19)12-27-18-9-7-15(23(25)26)11-17(18)21/h2-11,13H,12H2,1H3,(H,22,24). The molecule has 28 heavy (non-hydrogen) atoms. The van der Waals surface area contributed by atoms with Crippen molar-refractivity contribution < 1.29 is 18.9 Å². The van der Waals surface area contributed by atoms with Gasteiger partial charge in [0.1, 0.15) is 18.1 Å². The normalized spacial score (nSPS) is 11.6. The van der Waals surface area contributed by atoms with Gasteiger partial charge in [0.25, 0.3) is 11.6 Å². The average molecular weight is 401 g/mol. The molecule has 1 unspecified atom stereocenters. The molecule has 1 aromatic heterocycles. The van der Waals surface area contributed by atoms with Crippen LogP contribution in [-0.2, 0) is 6.61 Å². The van der Waals surface area contributed by atoms with Gasteiger partial charge in [-0.3, -0.25) is 14.9 Å². The Morgan fingerprint density at radius 3 is 2.64 bits per heavy atom. The third kappa shape index (κ3) is 4.69. The van der Waals surface area contributed by atoms with Crippen molar-refractivity contribution in [3.63, 3.8) is 0 Å². The molecule has 0 radical (unpaired) electrons. The number of hydrogen-bond acceptors (Lipinski definition) is 5. The van der Waals surface area contributed by atoms with Crippen LogP contribution in [0.25, 0.3) is 0 Å². The lowest BCUT2D eigenvalue weighted by Gasteiger charge is -2.13. The summed E-state index contributed by atoms with van der Waals surface area (Å²) >= 11 is 5.99. The van der Waals surface area contributed by atoms with Crippen molar-refractivity contribution >= 4 is 23.2 Å². The summed E-state index contributed by atoms with van der Waals surface area (Å²) in [4.78, 5) is 22.5. The highest BCUT2D eigenvalue weighted by atomic mass is 35.5. The van der Waals surface area contributed by atoms with E-state index in [4.69, 9.17) is 20.8 Å². The van der Waals surface area contributed by atoms with Crippen molar-refractivity contribution in [3.05, 3.63) is 92.9 Å². The number of nitro groups is 1. The second kappa shape index (κ2) is 8.58. The van der Waals surface area contributed by atoms with Gasteiger partial charge in [0, 0.05) is 12.1 Å². The molecule has 1 atom stereocenters. The summed E-state index contributed by atoms with van der Waals surface area (Å²) in [6, 6.07) is 16.5. The van der Waals surface area contributed by atoms with E-state index in [1.807, 2.05) is 37.3 Å². The van der Waals surface area contributed by atoms with Crippen LogP contribution in [0.4, 0.5) is 5.69 Å². The van der Waals surface area contributed by atoms with Crippen LogP contribution in [0.3, 0.4) is 0 Å². The predicted octanol–water partition coefficient (Wildman–Crippen LogP) is 4.91. The summed E-state index contributed by atoms with van der Waals surface area (Å²) < 4.78 is 11.0. The first kappa shape index (κ1) is 19.4. The number of non-ortho nitro benzene ring substituents is 1. The van der Waals surface area contributed by atoms with Crippen molar-refractivity contribution in [2.24, 2.45) is 0 Å². The Hall–Kier alpha value is -3.32. The van der Waals surface area contributed by atoms with E-state index in [1.54, 1.807) is 12.1 Å². The molecule has 7 nitrogen and oxygen atoms in total. The van der Waals surface area contributed by atoms with E-state index in [1.165, 1.54) is 18.2 Å². The van der Waals surface area contributed by atoms with Gasteiger partial charge in [0.05, 0.1) is 16.0 Å². The van der Waals surface area contributed by atoms with E-state index >= 15 is 0 Å². The Bertz CT molecular complexity index is 987. The van der Waals surface area contributed by atoms with Crippen molar-refractivity contribution in [2.75, 3.05) is 0 Å². The van der Waals surface area contributed by atoms with Gasteiger partial charge in [-0.05, 0) is 30.7 Å². The van der Waals surface area contributed by atoms with Gasteiger partial charge < -0.3 is 14.5 Å². The minimum absolute atomic E-state index is 0.0268. The summed E-state index contributed by atoms with van der Waals surface area (Å²) in [6.07, 6.45) is 0. The number of hydrogen-bond donors (Lipinski definition) is 1. The fourth-order valence-corrected chi connectivity index (χ4v) is 2.77. The quantitative estimate of drug-likeness (QED) is 0.449. The number of carbonyl (C=O) groups is 1. The molecule has 3 rings (SSSR count). The maximum Gasteiger partial charge on any atom is 0.287 e. The van der Waals surface area contributed by atoms with Crippen LogP contribution in [-0.4, -0.2) is 10.8 Å². The maximum atomic E-state index is 12.3. The lowest BCUT2D eigenvalue weighted by Crippen LogP contribution is -2.26. The second-order valence-corrected chi connectivity index (χ2v) is 6.44. The van der Waals surface area contributed by atoms with E-state index in [2.05, 4.69) is 5.32 Å². The number of rotatable bonds is 7. The van der Waals surface area contributed by atoms with Crippen LogP contribution in [0.5, 0.6) is 5.75 Å². The van der Waals surface area contributed by atoms with Gasteiger partial charge in [-0.1, -0.05) is 41.9 Å². The molecule has 144 valence electrons. The van der Waals surface area contributed by atoms with Gasteiger partial charge in [-0.15, -0.1) is 0 Å². The van der Waals surface area contributed by atoms with Crippen molar-refractivity contribution in [1.82, 2.24) is 5.32 Å².